The van der Waals surface area contributed by atoms with Crippen LogP contribution >= 0.6 is 0 Å². The third-order valence-corrected chi connectivity index (χ3v) is 6.26. The monoisotopic (exact) mass is 386 g/mol. The van der Waals surface area contributed by atoms with E-state index in [4.69, 9.17) is 4.74 Å². The standard InChI is InChI=1S/C22H30N2O4/c1-3-5-15(26)11-23-20-17-9-18-16(13(2)8-14(12-25)24-18)10-19(17)28-22(21(20)27)6-4-7-22/h8-10,15,20-21,23,25-27H,3-7,11-12H2,1-2H3. The van der Waals surface area contributed by atoms with E-state index in [0.717, 1.165) is 59.9 Å². The van der Waals surface area contributed by atoms with Gasteiger partial charge in [0.05, 0.1) is 30.0 Å². The molecule has 2 aromatic rings. The maximum Gasteiger partial charge on any atom is 0.137 e. The fourth-order valence-corrected chi connectivity index (χ4v) is 4.52. The molecule has 152 valence electrons. The Morgan fingerprint density at radius 2 is 2.11 bits per heavy atom. The van der Waals surface area contributed by atoms with Crippen LogP contribution in [0.1, 0.15) is 61.9 Å². The second kappa shape index (κ2) is 7.59. The smallest absolute Gasteiger partial charge is 0.137 e. The molecule has 2 aliphatic rings. The molecule has 3 atom stereocenters. The second-order valence-electron chi connectivity index (χ2n) is 8.29. The molecule has 28 heavy (non-hydrogen) atoms. The summed E-state index contributed by atoms with van der Waals surface area (Å²) in [4.78, 5) is 4.55. The Morgan fingerprint density at radius 1 is 1.32 bits per heavy atom. The molecule has 6 nitrogen and oxygen atoms in total. The maximum absolute atomic E-state index is 11.1. The van der Waals surface area contributed by atoms with Gasteiger partial charge in [0.2, 0.25) is 0 Å². The van der Waals surface area contributed by atoms with Crippen LogP contribution < -0.4 is 10.1 Å². The zero-order valence-corrected chi connectivity index (χ0v) is 16.6. The number of nitrogens with one attached hydrogen (secondary N) is 1. The van der Waals surface area contributed by atoms with Crippen molar-refractivity contribution in [3.8, 4) is 5.75 Å². The van der Waals surface area contributed by atoms with E-state index >= 15 is 0 Å². The molecule has 1 aliphatic carbocycles. The van der Waals surface area contributed by atoms with Crippen molar-refractivity contribution in [3.63, 3.8) is 0 Å². The van der Waals surface area contributed by atoms with E-state index in [2.05, 4.69) is 10.3 Å². The Kier molecular flexibility index (Phi) is 5.31. The minimum Gasteiger partial charge on any atom is -0.484 e. The number of hydrogen-bond donors (Lipinski definition) is 4. The summed E-state index contributed by atoms with van der Waals surface area (Å²) in [7, 11) is 0. The van der Waals surface area contributed by atoms with Gasteiger partial charge in [0.25, 0.3) is 0 Å². The van der Waals surface area contributed by atoms with Crippen molar-refractivity contribution in [2.75, 3.05) is 6.54 Å². The van der Waals surface area contributed by atoms with Gasteiger partial charge >= 0.3 is 0 Å². The number of rotatable bonds is 6. The number of aliphatic hydroxyl groups excluding tert-OH is 3. The molecule has 1 spiro atoms. The maximum atomic E-state index is 11.1. The van der Waals surface area contributed by atoms with Gasteiger partial charge in [0, 0.05) is 17.5 Å². The predicted molar refractivity (Wildman–Crippen MR) is 107 cm³/mol. The average Bonchev–Trinajstić information content (AvgIpc) is 2.64. The van der Waals surface area contributed by atoms with Crippen LogP contribution in [-0.4, -0.2) is 44.7 Å². The highest BCUT2D eigenvalue weighted by molar-refractivity contribution is 5.85. The van der Waals surface area contributed by atoms with E-state index in [1.165, 1.54) is 0 Å². The molecule has 0 saturated heterocycles. The number of aromatic nitrogens is 1. The Hall–Kier alpha value is -1.73. The summed E-state index contributed by atoms with van der Waals surface area (Å²) < 4.78 is 6.34. The fraction of sp³-hybridized carbons (Fsp3) is 0.591. The molecule has 1 aromatic heterocycles. The predicted octanol–water partition coefficient (Wildman–Crippen LogP) is 2.50. The Morgan fingerprint density at radius 3 is 2.75 bits per heavy atom. The van der Waals surface area contributed by atoms with Crippen LogP contribution in [-0.2, 0) is 6.61 Å². The average molecular weight is 386 g/mol. The highest BCUT2D eigenvalue weighted by Crippen LogP contribution is 2.50. The number of pyridine rings is 1. The normalized spacial score (nSPS) is 23.9. The number of fused-ring (bicyclic) bond motifs is 2. The van der Waals surface area contributed by atoms with Gasteiger partial charge in [-0.3, -0.25) is 4.98 Å². The van der Waals surface area contributed by atoms with E-state index < -0.39 is 17.8 Å². The zero-order chi connectivity index (χ0) is 19.9. The van der Waals surface area contributed by atoms with Crippen LogP contribution in [0.15, 0.2) is 18.2 Å². The molecule has 2 heterocycles. The van der Waals surface area contributed by atoms with Crippen molar-refractivity contribution in [3.05, 3.63) is 35.0 Å². The number of aryl methyl sites for hydroxylation is 1. The number of ether oxygens (including phenoxy) is 1. The molecule has 0 bridgehead atoms. The lowest BCUT2D eigenvalue weighted by Crippen LogP contribution is -2.60. The van der Waals surface area contributed by atoms with Gasteiger partial charge in [0.15, 0.2) is 0 Å². The lowest BCUT2D eigenvalue weighted by molar-refractivity contribution is -0.132. The molecular weight excluding hydrogens is 356 g/mol. The van der Waals surface area contributed by atoms with Crippen LogP contribution in [0.5, 0.6) is 5.75 Å². The number of benzene rings is 1. The third-order valence-electron chi connectivity index (χ3n) is 6.26. The summed E-state index contributed by atoms with van der Waals surface area (Å²) in [6.07, 6.45) is 3.24. The van der Waals surface area contributed by atoms with Gasteiger partial charge in [-0.15, -0.1) is 0 Å². The van der Waals surface area contributed by atoms with Gasteiger partial charge < -0.3 is 25.4 Å². The quantitative estimate of drug-likeness (QED) is 0.609. The summed E-state index contributed by atoms with van der Waals surface area (Å²) >= 11 is 0. The first kappa shape index (κ1) is 19.6. The lowest BCUT2D eigenvalue weighted by Gasteiger charge is -2.51. The van der Waals surface area contributed by atoms with Gasteiger partial charge in [-0.05, 0) is 56.4 Å². The summed E-state index contributed by atoms with van der Waals surface area (Å²) in [5.74, 6) is 0.779. The van der Waals surface area contributed by atoms with Crippen molar-refractivity contribution >= 4 is 10.9 Å². The molecule has 3 unspecified atom stereocenters. The van der Waals surface area contributed by atoms with Crippen LogP contribution in [0.25, 0.3) is 10.9 Å². The molecule has 6 heteroatoms. The molecule has 1 saturated carbocycles. The highest BCUT2D eigenvalue weighted by Gasteiger charge is 2.53. The van der Waals surface area contributed by atoms with Crippen LogP contribution in [0.2, 0.25) is 0 Å². The van der Waals surface area contributed by atoms with Crippen molar-refractivity contribution in [1.82, 2.24) is 10.3 Å². The first-order valence-electron chi connectivity index (χ1n) is 10.3. The van der Waals surface area contributed by atoms with E-state index in [9.17, 15) is 15.3 Å². The topological polar surface area (TPSA) is 94.8 Å². The van der Waals surface area contributed by atoms with E-state index in [0.29, 0.717) is 12.2 Å². The first-order valence-corrected chi connectivity index (χ1v) is 10.3. The Balaban J connectivity index is 1.75. The molecular formula is C22H30N2O4. The number of nitrogens with zero attached hydrogens (tertiary/aromatic N) is 1. The van der Waals surface area contributed by atoms with E-state index in [1.54, 1.807) is 0 Å². The lowest BCUT2D eigenvalue weighted by atomic mass is 9.70. The highest BCUT2D eigenvalue weighted by atomic mass is 16.5. The van der Waals surface area contributed by atoms with Crippen LogP contribution in [0.3, 0.4) is 0 Å². The Bertz CT molecular complexity index is 865. The number of hydrogen-bond acceptors (Lipinski definition) is 6. The van der Waals surface area contributed by atoms with Gasteiger partial charge in [0.1, 0.15) is 17.5 Å². The van der Waals surface area contributed by atoms with E-state index in [-0.39, 0.29) is 12.6 Å². The summed E-state index contributed by atoms with van der Waals surface area (Å²) in [6, 6.07) is 5.54. The van der Waals surface area contributed by atoms with E-state index in [1.807, 2.05) is 32.0 Å². The van der Waals surface area contributed by atoms with Crippen molar-refractivity contribution in [1.29, 1.82) is 0 Å². The first-order chi connectivity index (χ1) is 13.5. The van der Waals surface area contributed by atoms with Gasteiger partial charge in [-0.1, -0.05) is 13.3 Å². The summed E-state index contributed by atoms with van der Waals surface area (Å²) in [6.45, 7) is 4.36. The molecule has 1 fully saturated rings. The number of aliphatic hydroxyl groups is 3. The summed E-state index contributed by atoms with van der Waals surface area (Å²) in [5, 5.41) is 35.2. The van der Waals surface area contributed by atoms with Crippen molar-refractivity contribution in [2.45, 2.75) is 76.4 Å². The SMILES string of the molecule is CCCC(O)CNC1c2cc3nc(CO)cc(C)c3cc2OC2(CCC2)C1O. The molecule has 0 amide bonds. The second-order valence-corrected chi connectivity index (χ2v) is 8.29. The summed E-state index contributed by atoms with van der Waals surface area (Å²) in [5.41, 5.74) is 2.77. The minimum absolute atomic E-state index is 0.110. The largest absolute Gasteiger partial charge is 0.484 e. The Labute approximate surface area is 165 Å². The fourth-order valence-electron chi connectivity index (χ4n) is 4.52. The van der Waals surface area contributed by atoms with Crippen molar-refractivity contribution in [2.24, 2.45) is 0 Å². The minimum atomic E-state index is -0.679. The third kappa shape index (κ3) is 3.28. The van der Waals surface area contributed by atoms with Gasteiger partial charge in [-0.25, -0.2) is 0 Å². The molecule has 4 rings (SSSR count). The van der Waals surface area contributed by atoms with Gasteiger partial charge in [-0.2, -0.15) is 0 Å². The van der Waals surface area contributed by atoms with Crippen molar-refractivity contribution < 1.29 is 20.1 Å². The molecule has 1 aromatic carbocycles. The molecule has 0 radical (unpaired) electrons. The van der Waals surface area contributed by atoms with Crippen LogP contribution in [0.4, 0.5) is 0 Å². The molecule has 1 aliphatic heterocycles. The molecule has 4 N–H and O–H groups in total. The van der Waals surface area contributed by atoms with Crippen LogP contribution in [0, 0.1) is 6.92 Å². The zero-order valence-electron chi connectivity index (χ0n) is 16.6.